The van der Waals surface area contributed by atoms with Gasteiger partial charge in [-0.1, -0.05) is 44.2 Å². The van der Waals surface area contributed by atoms with Gasteiger partial charge >= 0.3 is 0 Å². The minimum Gasteiger partial charge on any atom is -0.238 e. The second-order valence-electron chi connectivity index (χ2n) is 6.16. The summed E-state index contributed by atoms with van der Waals surface area (Å²) >= 11 is 0. The highest BCUT2D eigenvalue weighted by Gasteiger charge is 2.61. The lowest BCUT2D eigenvalue weighted by atomic mass is 9.64. The van der Waals surface area contributed by atoms with Crippen LogP contribution in [0.3, 0.4) is 0 Å². The fourth-order valence-electron chi connectivity index (χ4n) is 3.20. The van der Waals surface area contributed by atoms with Gasteiger partial charge < -0.3 is 0 Å². The minimum atomic E-state index is -3.32. The number of hydrogen-bond donors (Lipinski definition) is 0. The average molecular weight is 270 g/mol. The second kappa shape index (κ2) is 4.84. The lowest BCUT2D eigenvalue weighted by molar-refractivity contribution is -0.186. The van der Waals surface area contributed by atoms with Gasteiger partial charge in [0.2, 0.25) is 0 Å². The quantitative estimate of drug-likeness (QED) is 0.693. The molecule has 1 aliphatic rings. The van der Waals surface area contributed by atoms with E-state index in [1.165, 1.54) is 0 Å². The van der Waals surface area contributed by atoms with Gasteiger partial charge in [0.15, 0.2) is 5.67 Å². The topological polar surface area (TPSA) is 0 Å². The van der Waals surface area contributed by atoms with Crippen LogP contribution in [0.15, 0.2) is 30.3 Å². The van der Waals surface area contributed by atoms with Crippen LogP contribution >= 0.6 is 0 Å². The summed E-state index contributed by atoms with van der Waals surface area (Å²) in [6.07, 6.45) is 0.450. The molecule has 1 aliphatic carbocycles. The molecule has 1 fully saturated rings. The molecular formula is C16H21F3. The van der Waals surface area contributed by atoms with Crippen LogP contribution < -0.4 is 0 Å². The summed E-state index contributed by atoms with van der Waals surface area (Å²) in [5.41, 5.74) is -1.87. The van der Waals surface area contributed by atoms with Gasteiger partial charge in [0.25, 0.3) is 5.92 Å². The van der Waals surface area contributed by atoms with Crippen LogP contribution in [-0.2, 0) is 0 Å². The Bertz CT molecular complexity index is 423. The molecule has 1 aromatic rings. The van der Waals surface area contributed by atoms with Crippen molar-refractivity contribution in [1.29, 1.82) is 0 Å². The highest BCUT2D eigenvalue weighted by molar-refractivity contribution is 5.26. The summed E-state index contributed by atoms with van der Waals surface area (Å²) in [4.78, 5) is 0. The van der Waals surface area contributed by atoms with Crippen LogP contribution in [0.5, 0.6) is 0 Å². The summed E-state index contributed by atoms with van der Waals surface area (Å²) in [6.45, 7) is 4.93. The zero-order chi connectivity index (χ0) is 14.3. The van der Waals surface area contributed by atoms with E-state index in [4.69, 9.17) is 0 Å². The van der Waals surface area contributed by atoms with Crippen LogP contribution in [0, 0.1) is 11.8 Å². The Balaban J connectivity index is 2.47. The third-order valence-electron chi connectivity index (χ3n) is 4.48. The number of halogens is 3. The molecule has 0 N–H and O–H groups in total. The Labute approximate surface area is 113 Å². The average Bonchev–Trinajstić information content (AvgIpc) is 2.33. The molecule has 2 rings (SSSR count). The molecule has 0 aliphatic heterocycles. The first-order valence-corrected chi connectivity index (χ1v) is 6.89. The normalized spacial score (nSPS) is 34.5. The summed E-state index contributed by atoms with van der Waals surface area (Å²) < 4.78 is 43.4. The van der Waals surface area contributed by atoms with Crippen LogP contribution in [0.2, 0.25) is 0 Å². The number of alkyl halides is 3. The highest BCUT2D eigenvalue weighted by atomic mass is 19.3. The van der Waals surface area contributed by atoms with Gasteiger partial charge in [-0.2, -0.15) is 0 Å². The first kappa shape index (κ1) is 14.4. The molecule has 0 radical (unpaired) electrons. The van der Waals surface area contributed by atoms with E-state index in [9.17, 15) is 13.2 Å². The van der Waals surface area contributed by atoms with Gasteiger partial charge in [-0.15, -0.1) is 0 Å². The first-order chi connectivity index (χ1) is 8.77. The molecular weight excluding hydrogens is 249 g/mol. The van der Waals surface area contributed by atoms with Crippen molar-refractivity contribution >= 4 is 0 Å². The van der Waals surface area contributed by atoms with Gasteiger partial charge in [0, 0.05) is 0 Å². The Morgan fingerprint density at radius 3 is 2.21 bits per heavy atom. The Kier molecular flexibility index (Phi) is 3.67. The molecule has 106 valence electrons. The molecule has 0 aromatic heterocycles. The van der Waals surface area contributed by atoms with Crippen molar-refractivity contribution in [2.75, 3.05) is 0 Å². The molecule has 3 heteroatoms. The van der Waals surface area contributed by atoms with E-state index in [-0.39, 0.29) is 18.3 Å². The van der Waals surface area contributed by atoms with Crippen molar-refractivity contribution < 1.29 is 13.2 Å². The van der Waals surface area contributed by atoms with Gasteiger partial charge in [0.1, 0.15) is 0 Å². The fraction of sp³-hybridized carbons (Fsp3) is 0.625. The third kappa shape index (κ3) is 2.39. The zero-order valence-electron chi connectivity index (χ0n) is 11.7. The molecule has 0 nitrogen and oxygen atoms in total. The standard InChI is InChI=1S/C16H21F3/c1-11(2)13-9-10-15(3,17)16(18,19)14(13)12-7-5-4-6-8-12/h4-8,11,13-14H,9-10H2,1-3H3. The van der Waals surface area contributed by atoms with E-state index in [0.29, 0.717) is 12.0 Å². The lowest BCUT2D eigenvalue weighted by Crippen LogP contribution is -2.53. The monoisotopic (exact) mass is 270 g/mol. The molecule has 0 amide bonds. The van der Waals surface area contributed by atoms with E-state index in [1.807, 2.05) is 13.8 Å². The van der Waals surface area contributed by atoms with Crippen LogP contribution in [0.25, 0.3) is 0 Å². The van der Waals surface area contributed by atoms with Crippen LogP contribution in [-0.4, -0.2) is 11.6 Å². The molecule has 19 heavy (non-hydrogen) atoms. The van der Waals surface area contributed by atoms with Gasteiger partial charge in [-0.3, -0.25) is 0 Å². The van der Waals surface area contributed by atoms with Gasteiger partial charge in [-0.05, 0) is 37.2 Å². The summed E-state index contributed by atoms with van der Waals surface area (Å²) in [5.74, 6) is -4.41. The predicted molar refractivity (Wildman–Crippen MR) is 71.2 cm³/mol. The van der Waals surface area contributed by atoms with Crippen LogP contribution in [0.4, 0.5) is 13.2 Å². The maximum absolute atomic E-state index is 14.6. The van der Waals surface area contributed by atoms with E-state index in [0.717, 1.165) is 6.92 Å². The molecule has 1 saturated carbocycles. The number of rotatable bonds is 2. The second-order valence-corrected chi connectivity index (χ2v) is 6.16. The lowest BCUT2D eigenvalue weighted by Gasteiger charge is -2.46. The third-order valence-corrected chi connectivity index (χ3v) is 4.48. The van der Waals surface area contributed by atoms with Crippen molar-refractivity contribution in [3.05, 3.63) is 35.9 Å². The number of hydrogen-bond acceptors (Lipinski definition) is 0. The summed E-state index contributed by atoms with van der Waals surface area (Å²) in [7, 11) is 0. The van der Waals surface area contributed by atoms with Gasteiger partial charge in [-0.25, -0.2) is 13.2 Å². The fourth-order valence-corrected chi connectivity index (χ4v) is 3.20. The van der Waals surface area contributed by atoms with Crippen molar-refractivity contribution in [1.82, 2.24) is 0 Å². The molecule has 0 heterocycles. The Morgan fingerprint density at radius 2 is 1.68 bits per heavy atom. The predicted octanol–water partition coefficient (Wildman–Crippen LogP) is 5.20. The van der Waals surface area contributed by atoms with Crippen LogP contribution in [0.1, 0.15) is 45.1 Å². The molecule has 3 atom stereocenters. The van der Waals surface area contributed by atoms with Gasteiger partial charge in [0.05, 0.1) is 5.92 Å². The SMILES string of the molecule is CC(C)C1CCC(C)(F)C(F)(F)C1c1ccccc1. The number of benzene rings is 1. The zero-order valence-corrected chi connectivity index (χ0v) is 11.7. The first-order valence-electron chi connectivity index (χ1n) is 6.89. The van der Waals surface area contributed by atoms with Crippen molar-refractivity contribution in [2.45, 2.75) is 51.1 Å². The largest absolute Gasteiger partial charge is 0.288 e. The Hall–Kier alpha value is -0.990. The summed E-state index contributed by atoms with van der Waals surface area (Å²) in [5, 5.41) is 0. The Morgan fingerprint density at radius 1 is 1.11 bits per heavy atom. The van der Waals surface area contributed by atoms with E-state index in [2.05, 4.69) is 0 Å². The molecule has 0 saturated heterocycles. The molecule has 0 spiro atoms. The molecule has 1 aromatic carbocycles. The molecule has 3 unspecified atom stereocenters. The summed E-state index contributed by atoms with van der Waals surface area (Å²) in [6, 6.07) is 8.66. The van der Waals surface area contributed by atoms with E-state index >= 15 is 0 Å². The smallest absolute Gasteiger partial charge is 0.238 e. The van der Waals surface area contributed by atoms with E-state index < -0.39 is 17.5 Å². The minimum absolute atomic E-state index is 0.0633. The van der Waals surface area contributed by atoms with Crippen molar-refractivity contribution in [2.24, 2.45) is 11.8 Å². The highest BCUT2D eigenvalue weighted by Crippen LogP contribution is 2.56. The molecule has 0 bridgehead atoms. The maximum atomic E-state index is 14.6. The maximum Gasteiger partial charge on any atom is 0.288 e. The van der Waals surface area contributed by atoms with E-state index in [1.54, 1.807) is 30.3 Å². The van der Waals surface area contributed by atoms with Crippen molar-refractivity contribution in [3.8, 4) is 0 Å². The van der Waals surface area contributed by atoms with Crippen molar-refractivity contribution in [3.63, 3.8) is 0 Å².